The molecule has 4 saturated carbocycles. The Labute approximate surface area is 169 Å². The summed E-state index contributed by atoms with van der Waals surface area (Å²) >= 11 is 0. The average molecular weight is 556 g/mol. The second-order valence-electron chi connectivity index (χ2n) is 7.31. The van der Waals surface area contributed by atoms with E-state index in [1.54, 1.807) is 0 Å². The molecule has 0 aromatic carbocycles. The predicted octanol–water partition coefficient (Wildman–Crippen LogP) is 5.81. The summed E-state index contributed by atoms with van der Waals surface area (Å²) in [5.74, 6) is -50.5. The fourth-order valence-electron chi connectivity index (χ4n) is 4.23. The first-order valence-corrected chi connectivity index (χ1v) is 7.61. The number of ether oxygens (including phenoxy) is 1. The summed E-state index contributed by atoms with van der Waals surface area (Å²) in [4.78, 5) is 1.05. The molecule has 0 atom stereocenters. The molecular formula is C12F20O2. The smallest absolute Gasteiger partial charge is 0.269 e. The lowest BCUT2D eigenvalue weighted by molar-refractivity contribution is -0.636. The largest absolute Gasteiger partial charge is 0.478 e. The number of halogens is 20. The van der Waals surface area contributed by atoms with Crippen LogP contribution in [0.15, 0.2) is 0 Å². The second kappa shape index (κ2) is 5.58. The molecule has 22 heteroatoms. The lowest BCUT2D eigenvalue weighted by atomic mass is 9.40. The maximum atomic E-state index is 14.9. The van der Waals surface area contributed by atoms with Crippen LogP contribution in [0.25, 0.3) is 0 Å². The molecule has 0 saturated heterocycles. The first-order chi connectivity index (χ1) is 14.5. The molecule has 0 amide bonds. The Morgan fingerprint density at radius 1 is 0.382 bits per heavy atom. The van der Waals surface area contributed by atoms with Gasteiger partial charge >= 0.3 is 70.4 Å². The van der Waals surface area contributed by atoms with Gasteiger partial charge < -0.3 is 0 Å². The van der Waals surface area contributed by atoms with Crippen molar-refractivity contribution < 1.29 is 97.6 Å². The molecule has 0 heterocycles. The third kappa shape index (κ3) is 1.72. The molecule has 2 nitrogen and oxygen atoms in total. The first-order valence-electron chi connectivity index (χ1n) is 7.61. The second-order valence-corrected chi connectivity index (χ2v) is 7.31. The van der Waals surface area contributed by atoms with Gasteiger partial charge in [0.05, 0.1) is 0 Å². The normalized spacial score (nSPS) is 47.6. The predicted molar refractivity (Wildman–Crippen MR) is 57.1 cm³/mol. The zero-order valence-corrected chi connectivity index (χ0v) is 14.4. The van der Waals surface area contributed by atoms with Crippen molar-refractivity contribution in [3.8, 4) is 0 Å². The van der Waals surface area contributed by atoms with Gasteiger partial charge in [-0.15, -0.1) is 4.94 Å². The quantitative estimate of drug-likeness (QED) is 0.408. The van der Waals surface area contributed by atoms with Crippen LogP contribution in [0.5, 0.6) is 0 Å². The van der Waals surface area contributed by atoms with Gasteiger partial charge in [0.2, 0.25) is 0 Å². The summed E-state index contributed by atoms with van der Waals surface area (Å²) in [7, 11) is 0. The van der Waals surface area contributed by atoms with Crippen LogP contribution < -0.4 is 0 Å². The molecule has 4 rings (SSSR count). The Hall–Kier alpha value is -1.48. The molecule has 4 aliphatic carbocycles. The van der Waals surface area contributed by atoms with Gasteiger partial charge in [-0.05, 0) is 4.53 Å². The van der Waals surface area contributed by atoms with Crippen LogP contribution in [-0.2, 0) is 9.68 Å². The highest BCUT2D eigenvalue weighted by molar-refractivity contribution is 5.54. The number of alkyl halides is 19. The van der Waals surface area contributed by atoms with Crippen LogP contribution >= 0.6 is 0 Å². The van der Waals surface area contributed by atoms with Crippen LogP contribution in [0.1, 0.15) is 0 Å². The van der Waals surface area contributed by atoms with E-state index in [9.17, 15) is 87.9 Å². The van der Waals surface area contributed by atoms with Crippen LogP contribution in [0.2, 0.25) is 0 Å². The monoisotopic (exact) mass is 556 g/mol. The Kier molecular flexibility index (Phi) is 4.45. The summed E-state index contributed by atoms with van der Waals surface area (Å²) in [6.45, 7) is 0. The lowest BCUT2D eigenvalue weighted by Crippen LogP contribution is -3.09. The average Bonchev–Trinajstić information content (AvgIpc) is 2.66. The molecule has 0 aromatic heterocycles. The molecule has 0 radical (unpaired) electrons. The van der Waals surface area contributed by atoms with E-state index in [4.69, 9.17) is 0 Å². The fourth-order valence-corrected chi connectivity index (χ4v) is 4.23. The number of hydrogen-bond donors (Lipinski definition) is 0. The number of rotatable bonds is 4. The van der Waals surface area contributed by atoms with Gasteiger partial charge in [-0.3, -0.25) is 4.74 Å². The third-order valence-electron chi connectivity index (χ3n) is 5.92. The molecule has 4 fully saturated rings. The highest BCUT2D eigenvalue weighted by Crippen LogP contribution is 2.89. The van der Waals surface area contributed by atoms with Gasteiger partial charge in [0.1, 0.15) is 0 Å². The topological polar surface area (TPSA) is 18.5 Å². The van der Waals surface area contributed by atoms with Crippen molar-refractivity contribution in [2.45, 2.75) is 70.4 Å². The van der Waals surface area contributed by atoms with Crippen molar-refractivity contribution in [2.75, 3.05) is 0 Å². The fraction of sp³-hybridized carbons (Fsp3) is 1.00. The number of hydrogen-bond acceptors (Lipinski definition) is 2. The Morgan fingerprint density at radius 3 is 0.853 bits per heavy atom. The van der Waals surface area contributed by atoms with E-state index < -0.39 is 70.4 Å². The molecule has 0 spiro atoms. The van der Waals surface area contributed by atoms with E-state index in [1.807, 2.05) is 0 Å². The molecule has 4 aliphatic rings. The summed E-state index contributed by atoms with van der Waals surface area (Å²) in [5.41, 5.74) is -33.4. The Balaban J connectivity index is 2.61. The Morgan fingerprint density at radius 2 is 0.618 bits per heavy atom. The standard InChI is InChI=1S/C12F20O2/c13-1-5(17,18)2(14)8(23,24)3(15,6(1,19)20)10(27,33-11(28,29)12(30,31)34-32)4(16,7(1,21)22)9(2,25)26. The van der Waals surface area contributed by atoms with Gasteiger partial charge in [0, 0.05) is 0 Å². The molecule has 0 aromatic rings. The van der Waals surface area contributed by atoms with Crippen LogP contribution in [0.4, 0.5) is 87.9 Å². The van der Waals surface area contributed by atoms with Crippen molar-refractivity contribution >= 4 is 0 Å². The molecule has 0 aliphatic heterocycles. The van der Waals surface area contributed by atoms with Gasteiger partial charge in [-0.1, -0.05) is 0 Å². The minimum Gasteiger partial charge on any atom is -0.269 e. The van der Waals surface area contributed by atoms with E-state index in [2.05, 4.69) is 0 Å². The van der Waals surface area contributed by atoms with Crippen LogP contribution in [-0.4, -0.2) is 70.4 Å². The zero-order valence-electron chi connectivity index (χ0n) is 14.4. The third-order valence-corrected chi connectivity index (χ3v) is 5.92. The van der Waals surface area contributed by atoms with E-state index in [0.29, 0.717) is 0 Å². The molecular weight excluding hydrogens is 556 g/mol. The van der Waals surface area contributed by atoms with Gasteiger partial charge in [-0.2, -0.15) is 61.5 Å². The SMILES string of the molecule is FOC(F)(F)C(F)(F)OC1(F)C2(F)C(F)(F)C3(F)C(F)(F)C(F)(C2(F)F)C(F)(F)C1(F)C3(F)F. The van der Waals surface area contributed by atoms with Crippen molar-refractivity contribution in [1.29, 1.82) is 0 Å². The highest BCUT2D eigenvalue weighted by Gasteiger charge is 3.23. The first kappa shape index (κ1) is 27.1. The highest BCUT2D eigenvalue weighted by atomic mass is 19.4. The van der Waals surface area contributed by atoms with Gasteiger partial charge in [0.25, 0.3) is 0 Å². The summed E-state index contributed by atoms with van der Waals surface area (Å²) in [6.07, 6.45) is -15.1. The summed E-state index contributed by atoms with van der Waals surface area (Å²) in [6, 6.07) is 0. The van der Waals surface area contributed by atoms with Crippen molar-refractivity contribution in [3.63, 3.8) is 0 Å². The van der Waals surface area contributed by atoms with Gasteiger partial charge in [0.15, 0.2) is 0 Å². The maximum absolute atomic E-state index is 14.9. The molecule has 34 heavy (non-hydrogen) atoms. The van der Waals surface area contributed by atoms with E-state index >= 15 is 0 Å². The molecule has 0 unspecified atom stereocenters. The van der Waals surface area contributed by atoms with Gasteiger partial charge in [-0.25, -0.2) is 22.0 Å². The van der Waals surface area contributed by atoms with Crippen molar-refractivity contribution in [1.82, 2.24) is 0 Å². The minimum atomic E-state index is -8.45. The lowest BCUT2D eigenvalue weighted by Gasteiger charge is -2.74. The minimum absolute atomic E-state index is 1.05. The Bertz CT molecular complexity index is 837. The van der Waals surface area contributed by atoms with Crippen molar-refractivity contribution in [3.05, 3.63) is 0 Å². The van der Waals surface area contributed by atoms with Crippen LogP contribution in [0.3, 0.4) is 0 Å². The zero-order chi connectivity index (χ0) is 27.4. The molecule has 4 bridgehead atoms. The maximum Gasteiger partial charge on any atom is 0.478 e. The summed E-state index contributed by atoms with van der Waals surface area (Å²) in [5, 5.41) is 0. The van der Waals surface area contributed by atoms with E-state index in [1.165, 1.54) is 4.74 Å². The van der Waals surface area contributed by atoms with E-state index in [0.717, 1.165) is 4.94 Å². The summed E-state index contributed by atoms with van der Waals surface area (Å²) < 4.78 is 280. The van der Waals surface area contributed by atoms with Crippen LogP contribution in [0, 0.1) is 0 Å². The van der Waals surface area contributed by atoms with E-state index in [-0.39, 0.29) is 0 Å². The van der Waals surface area contributed by atoms with Crippen molar-refractivity contribution in [2.24, 2.45) is 0 Å². The molecule has 200 valence electrons. The molecule has 0 N–H and O–H groups in total.